The first-order chi connectivity index (χ1) is 5.47. The minimum absolute atomic E-state index is 0. The van der Waals surface area contributed by atoms with Gasteiger partial charge in [-0.15, -0.1) is 0 Å². The van der Waals surface area contributed by atoms with Gasteiger partial charge in [-0.25, -0.2) is 0 Å². The van der Waals surface area contributed by atoms with Crippen LogP contribution in [0.15, 0.2) is 0 Å². The van der Waals surface area contributed by atoms with Crippen molar-refractivity contribution < 1.29 is 1.43 Å². The lowest BCUT2D eigenvalue weighted by atomic mass is 9.97. The molecular weight excluding hydrogens is 162 g/mol. The average Bonchev–Trinajstić information content (AvgIpc) is 1.87. The van der Waals surface area contributed by atoms with Gasteiger partial charge in [-0.3, -0.25) is 0 Å². The molecule has 0 radical (unpaired) electrons. The molecule has 0 aromatic rings. The molecular formula is C10H31N3. The van der Waals surface area contributed by atoms with E-state index < -0.39 is 0 Å². The molecule has 3 nitrogen and oxygen atoms in total. The summed E-state index contributed by atoms with van der Waals surface area (Å²) in [6.45, 7) is 11.0. The van der Waals surface area contributed by atoms with Crippen molar-refractivity contribution in [1.29, 1.82) is 0 Å². The molecule has 0 bridgehead atoms. The maximum Gasteiger partial charge on any atom is 0 e. The molecule has 0 aromatic heterocycles. The zero-order valence-corrected chi connectivity index (χ0v) is 10.3. The Balaban J connectivity index is -0.0000000651. The Morgan fingerprint density at radius 3 is 1.54 bits per heavy atom. The first-order valence-corrected chi connectivity index (χ1v) is 4.77. The van der Waals surface area contributed by atoms with Crippen LogP contribution < -0.4 is 16.8 Å². The molecule has 0 fully saturated rings. The average molecular weight is 193 g/mol. The monoisotopic (exact) mass is 193 g/mol. The zero-order valence-electron chi connectivity index (χ0n) is 10.3. The summed E-state index contributed by atoms with van der Waals surface area (Å²) < 4.78 is 0. The molecule has 0 heterocycles. The number of hydrogen-bond acceptors (Lipinski definition) is 3. The summed E-state index contributed by atoms with van der Waals surface area (Å²) in [7, 11) is 3.94. The van der Waals surface area contributed by atoms with Gasteiger partial charge in [-0.05, 0) is 39.0 Å². The van der Waals surface area contributed by atoms with E-state index in [0.717, 1.165) is 13.1 Å². The molecule has 0 rings (SSSR count). The minimum atomic E-state index is 0. The second kappa shape index (κ2) is 11.9. The normalized spacial score (nSPS) is 9.69. The molecule has 0 saturated heterocycles. The Hall–Kier alpha value is -0.120. The van der Waals surface area contributed by atoms with Crippen molar-refractivity contribution in [3.63, 3.8) is 0 Å². The lowest BCUT2D eigenvalue weighted by Crippen LogP contribution is -2.22. The summed E-state index contributed by atoms with van der Waals surface area (Å²) in [5.41, 5.74) is 0.439. The molecule has 0 unspecified atom stereocenters. The van der Waals surface area contributed by atoms with Crippen LogP contribution in [-0.4, -0.2) is 27.2 Å². The van der Waals surface area contributed by atoms with Crippen LogP contribution in [0.3, 0.4) is 0 Å². The maximum absolute atomic E-state index is 3.11. The van der Waals surface area contributed by atoms with Crippen molar-refractivity contribution in [3.8, 4) is 0 Å². The van der Waals surface area contributed by atoms with E-state index in [-0.39, 0.29) is 7.58 Å². The third kappa shape index (κ3) is 33.5. The van der Waals surface area contributed by atoms with E-state index in [0.29, 0.717) is 5.41 Å². The summed E-state index contributed by atoms with van der Waals surface area (Å²) in [6, 6.07) is 0. The molecule has 13 heavy (non-hydrogen) atoms. The van der Waals surface area contributed by atoms with Crippen LogP contribution in [0.4, 0.5) is 0 Å². The van der Waals surface area contributed by atoms with Crippen LogP contribution in [0.1, 0.15) is 35.5 Å². The van der Waals surface area contributed by atoms with Crippen molar-refractivity contribution in [2.24, 2.45) is 5.41 Å². The van der Waals surface area contributed by atoms with E-state index in [2.05, 4.69) is 38.3 Å². The molecule has 0 amide bonds. The molecule has 0 saturated carbocycles. The van der Waals surface area contributed by atoms with Gasteiger partial charge in [-0.2, -0.15) is 0 Å². The van der Waals surface area contributed by atoms with Crippen LogP contribution in [0.25, 0.3) is 0 Å². The molecule has 5 N–H and O–H groups in total. The van der Waals surface area contributed by atoms with Crippen LogP contribution in [-0.2, 0) is 0 Å². The first-order valence-electron chi connectivity index (χ1n) is 4.77. The lowest BCUT2D eigenvalue weighted by molar-refractivity contribution is 0.395. The summed E-state index contributed by atoms with van der Waals surface area (Å²) in [5.74, 6) is 0. The first kappa shape index (κ1) is 18.6. The van der Waals surface area contributed by atoms with Gasteiger partial charge in [0, 0.05) is 1.43 Å². The Bertz CT molecular complexity index is 79.9. The zero-order chi connectivity index (χ0) is 10.0. The Labute approximate surface area is 85.7 Å². The molecule has 86 valence electrons. The van der Waals surface area contributed by atoms with E-state index >= 15 is 0 Å². The van der Waals surface area contributed by atoms with Gasteiger partial charge in [0.2, 0.25) is 0 Å². The number of hydrogen-bond donors (Lipinski definition) is 3. The third-order valence-electron chi connectivity index (χ3n) is 1.21. The minimum Gasteiger partial charge on any atom is -0.344 e. The summed E-state index contributed by atoms with van der Waals surface area (Å²) in [5, 5.41) is 6.12. The predicted octanol–water partition coefficient (Wildman–Crippen LogP) is 2.28. The molecule has 0 aliphatic carbocycles. The van der Waals surface area contributed by atoms with Crippen LogP contribution in [0.2, 0.25) is 0 Å². The van der Waals surface area contributed by atoms with E-state index in [9.17, 15) is 0 Å². The van der Waals surface area contributed by atoms with E-state index in [1.54, 1.807) is 0 Å². The fourth-order valence-electron chi connectivity index (χ4n) is 0.780. The molecule has 0 spiro atoms. The van der Waals surface area contributed by atoms with Gasteiger partial charge >= 0.3 is 0 Å². The summed E-state index contributed by atoms with van der Waals surface area (Å²) in [6.07, 6.45) is 1.23. The van der Waals surface area contributed by atoms with E-state index in [4.69, 9.17) is 0 Å². The highest BCUT2D eigenvalue weighted by Gasteiger charge is 2.05. The molecule has 3 heteroatoms. The van der Waals surface area contributed by atoms with E-state index in [1.165, 1.54) is 6.42 Å². The topological polar surface area (TPSA) is 59.1 Å². The largest absolute Gasteiger partial charge is 0.344 e. The summed E-state index contributed by atoms with van der Waals surface area (Å²) in [4.78, 5) is 0. The Kier molecular flexibility index (Phi) is 17.0. The fraction of sp³-hybridized carbons (Fsp3) is 1.00. The van der Waals surface area contributed by atoms with E-state index in [1.807, 2.05) is 14.1 Å². The van der Waals surface area contributed by atoms with Gasteiger partial charge in [-0.1, -0.05) is 27.7 Å². The number of nitrogens with one attached hydrogen (secondary N) is 2. The molecule has 0 aromatic carbocycles. The Morgan fingerprint density at radius 2 is 1.54 bits per heavy atom. The van der Waals surface area contributed by atoms with Crippen molar-refractivity contribution in [1.82, 2.24) is 16.8 Å². The van der Waals surface area contributed by atoms with Crippen LogP contribution >= 0.6 is 0 Å². The van der Waals surface area contributed by atoms with Crippen LogP contribution in [0.5, 0.6) is 0 Å². The van der Waals surface area contributed by atoms with Gasteiger partial charge in [0.1, 0.15) is 0 Å². The smallest absolute Gasteiger partial charge is 0 e. The lowest BCUT2D eigenvalue weighted by Gasteiger charge is -2.16. The molecule has 0 aliphatic heterocycles. The molecule has 0 atom stereocenters. The second-order valence-electron chi connectivity index (χ2n) is 4.19. The van der Waals surface area contributed by atoms with Gasteiger partial charge in [0.05, 0.1) is 0 Å². The maximum atomic E-state index is 3.11. The Morgan fingerprint density at radius 1 is 1.08 bits per heavy atom. The highest BCUT2D eigenvalue weighted by atomic mass is 14.8. The predicted molar refractivity (Wildman–Crippen MR) is 64.7 cm³/mol. The van der Waals surface area contributed by atoms with Crippen molar-refractivity contribution in [3.05, 3.63) is 0 Å². The van der Waals surface area contributed by atoms with Gasteiger partial charge < -0.3 is 16.8 Å². The van der Waals surface area contributed by atoms with Crippen molar-refractivity contribution in [2.75, 3.05) is 27.2 Å². The highest BCUT2D eigenvalue weighted by molar-refractivity contribution is 4.61. The third-order valence-corrected chi connectivity index (χ3v) is 1.21. The quantitative estimate of drug-likeness (QED) is 0.644. The number of rotatable bonds is 3. The fourth-order valence-corrected chi connectivity index (χ4v) is 0.780. The van der Waals surface area contributed by atoms with Gasteiger partial charge in [0.15, 0.2) is 0 Å². The SMILES string of the molecule is CCCNC.CNCC(C)(C)C.N.[HH]. The van der Waals surface area contributed by atoms with Crippen molar-refractivity contribution >= 4 is 0 Å². The standard InChI is InChI=1S/C6H15N.C4H11N.H3N.H2/c1-6(2,3)5-7-4;1-3-4-5-2;;/h7H,5H2,1-4H3;5H,3-4H2,1-2H3;1H3;1H. The molecule has 0 aliphatic rings. The van der Waals surface area contributed by atoms with Crippen molar-refractivity contribution in [2.45, 2.75) is 34.1 Å². The second-order valence-corrected chi connectivity index (χ2v) is 4.19. The highest BCUT2D eigenvalue weighted by Crippen LogP contribution is 2.09. The van der Waals surface area contributed by atoms with Gasteiger partial charge in [0.25, 0.3) is 0 Å². The van der Waals surface area contributed by atoms with Crippen LogP contribution in [0, 0.1) is 5.41 Å². The summed E-state index contributed by atoms with van der Waals surface area (Å²) >= 11 is 0.